The van der Waals surface area contributed by atoms with Crippen LogP contribution in [0.25, 0.3) is 0 Å². The number of nitrogens with zero attached hydrogens (tertiary/aromatic N) is 2. The summed E-state index contributed by atoms with van der Waals surface area (Å²) in [5.41, 5.74) is -0.522. The van der Waals surface area contributed by atoms with Gasteiger partial charge in [-0.2, -0.15) is 0 Å². The lowest BCUT2D eigenvalue weighted by Gasteiger charge is -2.38. The number of benzene rings is 2. The molecule has 0 saturated carbocycles. The van der Waals surface area contributed by atoms with E-state index in [9.17, 15) is 24.5 Å². The molecular formula is C21H20N2O6. The van der Waals surface area contributed by atoms with Crippen LogP contribution in [0.1, 0.15) is 34.3 Å². The third-order valence-electron chi connectivity index (χ3n) is 5.22. The number of ketones is 1. The van der Waals surface area contributed by atoms with Crippen LogP contribution in [0, 0.1) is 17.0 Å². The first kappa shape index (κ1) is 20.2. The number of anilines is 1. The van der Waals surface area contributed by atoms with E-state index in [4.69, 9.17) is 4.74 Å². The molecule has 0 N–H and O–H groups in total. The Morgan fingerprint density at radius 3 is 2.34 bits per heavy atom. The van der Waals surface area contributed by atoms with Crippen molar-refractivity contribution in [3.63, 3.8) is 0 Å². The van der Waals surface area contributed by atoms with Crippen molar-refractivity contribution in [1.29, 1.82) is 0 Å². The first-order valence-electron chi connectivity index (χ1n) is 8.96. The number of nitro groups is 1. The Hall–Kier alpha value is -3.55. The van der Waals surface area contributed by atoms with Gasteiger partial charge < -0.3 is 4.74 Å². The molecule has 8 heteroatoms. The number of esters is 1. The highest BCUT2D eigenvalue weighted by atomic mass is 16.6. The molecular weight excluding hydrogens is 376 g/mol. The van der Waals surface area contributed by atoms with Gasteiger partial charge in [0, 0.05) is 17.4 Å². The molecule has 1 aliphatic rings. The Labute approximate surface area is 167 Å². The Morgan fingerprint density at radius 2 is 1.79 bits per heavy atom. The molecule has 0 unspecified atom stereocenters. The second-order valence-electron chi connectivity index (χ2n) is 6.94. The SMILES string of the molecule is COC(=O)[C@]1([C@H](C[N+](=O)[O-])c2ccc(C)cc2)C(=O)c2ccccc2N1C(C)=O. The van der Waals surface area contributed by atoms with Gasteiger partial charge in [-0.05, 0) is 24.6 Å². The number of amides is 1. The number of carbonyl (C=O) groups is 3. The molecule has 1 amide bonds. The van der Waals surface area contributed by atoms with Gasteiger partial charge in [-0.25, -0.2) is 4.79 Å². The number of fused-ring (bicyclic) bond motifs is 1. The zero-order chi connectivity index (χ0) is 21.3. The molecule has 29 heavy (non-hydrogen) atoms. The van der Waals surface area contributed by atoms with Crippen molar-refractivity contribution in [2.24, 2.45) is 0 Å². The van der Waals surface area contributed by atoms with Crippen molar-refractivity contribution in [2.45, 2.75) is 25.3 Å². The van der Waals surface area contributed by atoms with Crippen molar-refractivity contribution < 1.29 is 24.0 Å². The van der Waals surface area contributed by atoms with E-state index in [1.807, 2.05) is 6.92 Å². The van der Waals surface area contributed by atoms with Crippen LogP contribution in [0.4, 0.5) is 5.69 Å². The van der Waals surface area contributed by atoms with Crippen LogP contribution in [-0.4, -0.2) is 41.8 Å². The fraction of sp³-hybridized carbons (Fsp3) is 0.286. The Balaban J connectivity index is 2.36. The third kappa shape index (κ3) is 3.06. The highest BCUT2D eigenvalue weighted by Gasteiger charge is 2.65. The largest absolute Gasteiger partial charge is 0.467 e. The molecule has 0 fully saturated rings. The molecule has 2 aromatic carbocycles. The van der Waals surface area contributed by atoms with Crippen LogP contribution in [0.5, 0.6) is 0 Å². The maximum absolute atomic E-state index is 13.6. The minimum atomic E-state index is -2.20. The van der Waals surface area contributed by atoms with Crippen molar-refractivity contribution >= 4 is 23.3 Å². The molecule has 2 atom stereocenters. The number of Topliss-reactive ketones (excluding diaryl/α,β-unsaturated/α-hetero) is 1. The molecule has 1 heterocycles. The molecule has 150 valence electrons. The van der Waals surface area contributed by atoms with Gasteiger partial charge in [-0.3, -0.25) is 24.6 Å². The van der Waals surface area contributed by atoms with E-state index >= 15 is 0 Å². The van der Waals surface area contributed by atoms with E-state index in [0.717, 1.165) is 17.6 Å². The number of methoxy groups -OCH3 is 1. The zero-order valence-electron chi connectivity index (χ0n) is 16.2. The highest BCUT2D eigenvalue weighted by Crippen LogP contribution is 2.47. The number of para-hydroxylation sites is 1. The van der Waals surface area contributed by atoms with Crippen LogP contribution in [0.3, 0.4) is 0 Å². The monoisotopic (exact) mass is 396 g/mol. The van der Waals surface area contributed by atoms with Crippen LogP contribution in [-0.2, 0) is 14.3 Å². The number of hydrogen-bond donors (Lipinski definition) is 0. The molecule has 8 nitrogen and oxygen atoms in total. The summed E-state index contributed by atoms with van der Waals surface area (Å²) in [5.74, 6) is -3.53. The van der Waals surface area contributed by atoms with Gasteiger partial charge in [0.05, 0.1) is 18.7 Å². The Bertz CT molecular complexity index is 1000. The fourth-order valence-electron chi connectivity index (χ4n) is 4.00. The summed E-state index contributed by atoms with van der Waals surface area (Å²) in [6.07, 6.45) is 0. The minimum absolute atomic E-state index is 0.147. The molecule has 3 rings (SSSR count). The molecule has 1 aliphatic heterocycles. The van der Waals surface area contributed by atoms with Crippen LogP contribution >= 0.6 is 0 Å². The lowest BCUT2D eigenvalue weighted by Crippen LogP contribution is -2.63. The predicted molar refractivity (Wildman–Crippen MR) is 104 cm³/mol. The summed E-state index contributed by atoms with van der Waals surface area (Å²) >= 11 is 0. The van der Waals surface area contributed by atoms with Gasteiger partial charge in [0.2, 0.25) is 23.8 Å². The van der Waals surface area contributed by atoms with E-state index < -0.39 is 40.6 Å². The Morgan fingerprint density at radius 1 is 1.17 bits per heavy atom. The van der Waals surface area contributed by atoms with Crippen LogP contribution in [0.15, 0.2) is 48.5 Å². The molecule has 0 aromatic heterocycles. The number of carbonyl (C=O) groups excluding carboxylic acids is 3. The van der Waals surface area contributed by atoms with E-state index in [1.165, 1.54) is 19.1 Å². The summed E-state index contributed by atoms with van der Waals surface area (Å²) in [4.78, 5) is 51.4. The number of hydrogen-bond acceptors (Lipinski definition) is 6. The average Bonchev–Trinajstić information content (AvgIpc) is 2.96. The topological polar surface area (TPSA) is 107 Å². The molecule has 0 saturated heterocycles. The summed E-state index contributed by atoms with van der Waals surface area (Å²) in [5, 5.41) is 11.6. The fourth-order valence-corrected chi connectivity index (χ4v) is 4.00. The van der Waals surface area contributed by atoms with Gasteiger partial charge in [-0.1, -0.05) is 42.0 Å². The van der Waals surface area contributed by atoms with Gasteiger partial charge in [0.1, 0.15) is 0 Å². The number of rotatable bonds is 5. The minimum Gasteiger partial charge on any atom is -0.467 e. The average molecular weight is 396 g/mol. The summed E-state index contributed by atoms with van der Waals surface area (Å²) in [7, 11) is 1.09. The summed E-state index contributed by atoms with van der Waals surface area (Å²) in [6, 6.07) is 13.0. The lowest BCUT2D eigenvalue weighted by molar-refractivity contribution is -0.484. The molecule has 2 aromatic rings. The quantitative estimate of drug-likeness (QED) is 0.333. The standard InChI is InChI=1S/C21H20N2O6/c1-13-8-10-15(11-9-13)17(12-22(27)28)21(20(26)29-3)19(25)16-6-4-5-7-18(16)23(21)14(2)24/h4-11,17H,12H2,1-3H3/t17-,21+/m1/s1. The van der Waals surface area contributed by atoms with Gasteiger partial charge >= 0.3 is 5.97 Å². The van der Waals surface area contributed by atoms with Crippen LogP contribution in [0.2, 0.25) is 0 Å². The third-order valence-corrected chi connectivity index (χ3v) is 5.22. The predicted octanol–water partition coefficient (Wildman–Crippen LogP) is 2.52. The molecule has 0 radical (unpaired) electrons. The summed E-state index contributed by atoms with van der Waals surface area (Å²) < 4.78 is 4.95. The van der Waals surface area contributed by atoms with Crippen LogP contribution < -0.4 is 4.90 Å². The van der Waals surface area contributed by atoms with Crippen molar-refractivity contribution in [3.05, 3.63) is 75.3 Å². The molecule has 0 bridgehead atoms. The summed E-state index contributed by atoms with van der Waals surface area (Å²) in [6.45, 7) is 2.33. The van der Waals surface area contributed by atoms with Crippen molar-refractivity contribution in [2.75, 3.05) is 18.6 Å². The first-order chi connectivity index (χ1) is 13.7. The maximum atomic E-state index is 13.6. The first-order valence-corrected chi connectivity index (χ1v) is 8.96. The Kier molecular flexibility index (Phi) is 5.19. The van der Waals surface area contributed by atoms with E-state index in [2.05, 4.69) is 0 Å². The molecule has 0 aliphatic carbocycles. The van der Waals surface area contributed by atoms with Gasteiger partial charge in [0.15, 0.2) is 0 Å². The maximum Gasteiger partial charge on any atom is 0.341 e. The smallest absolute Gasteiger partial charge is 0.341 e. The van der Waals surface area contributed by atoms with Crippen molar-refractivity contribution in [3.8, 4) is 0 Å². The van der Waals surface area contributed by atoms with E-state index in [1.54, 1.807) is 36.4 Å². The van der Waals surface area contributed by atoms with E-state index in [-0.39, 0.29) is 11.3 Å². The van der Waals surface area contributed by atoms with Gasteiger partial charge in [0.25, 0.3) is 0 Å². The number of aryl methyl sites for hydroxylation is 1. The zero-order valence-corrected chi connectivity index (χ0v) is 16.2. The highest BCUT2D eigenvalue weighted by molar-refractivity contribution is 6.30. The van der Waals surface area contributed by atoms with Gasteiger partial charge in [-0.15, -0.1) is 0 Å². The molecule has 0 spiro atoms. The normalized spacial score (nSPS) is 18.9. The van der Waals surface area contributed by atoms with Crippen molar-refractivity contribution in [1.82, 2.24) is 0 Å². The second-order valence-corrected chi connectivity index (χ2v) is 6.94. The second kappa shape index (κ2) is 7.46. The number of ether oxygens (including phenoxy) is 1. The van der Waals surface area contributed by atoms with E-state index in [0.29, 0.717) is 5.56 Å². The lowest BCUT2D eigenvalue weighted by atomic mass is 9.75.